The first-order valence-corrected chi connectivity index (χ1v) is 10.0. The Morgan fingerprint density at radius 1 is 0.692 bits per heavy atom. The van der Waals surface area contributed by atoms with Gasteiger partial charge in [-0.1, -0.05) is 12.2 Å². The predicted molar refractivity (Wildman–Crippen MR) is 109 cm³/mol. The highest BCUT2D eigenvalue weighted by Gasteiger charge is 2.10. The lowest BCUT2D eigenvalue weighted by Gasteiger charge is -2.25. The molecule has 1 aliphatic heterocycles. The van der Waals surface area contributed by atoms with E-state index in [1.165, 1.54) is 24.0 Å². The first-order chi connectivity index (χ1) is 12.9. The number of rotatable bonds is 4. The van der Waals surface area contributed by atoms with Gasteiger partial charge in [0.05, 0.1) is 0 Å². The molecule has 0 aromatic carbocycles. The van der Waals surface area contributed by atoms with E-state index in [2.05, 4.69) is 56.2 Å². The number of hydrogen-bond donors (Lipinski definition) is 2. The van der Waals surface area contributed by atoms with Crippen molar-refractivity contribution >= 4 is 0 Å². The van der Waals surface area contributed by atoms with Gasteiger partial charge in [-0.05, 0) is 63.3 Å². The van der Waals surface area contributed by atoms with Crippen LogP contribution in [0.4, 0.5) is 0 Å². The SMILES string of the molecule is C1=CC=CC=1CN1CCCNCCN(CC2=C=CC=C2)CCCNCC1. The van der Waals surface area contributed by atoms with E-state index in [0.717, 1.165) is 65.4 Å². The number of allylic oxidation sites excluding steroid dienone is 2. The van der Waals surface area contributed by atoms with E-state index in [0.29, 0.717) is 0 Å². The minimum atomic E-state index is 1.01. The summed E-state index contributed by atoms with van der Waals surface area (Å²) in [6.07, 6.45) is 14.9. The van der Waals surface area contributed by atoms with Crippen molar-refractivity contribution in [1.29, 1.82) is 0 Å². The molecule has 1 heterocycles. The molecule has 2 aliphatic carbocycles. The maximum atomic E-state index is 3.63. The summed E-state index contributed by atoms with van der Waals surface area (Å²) in [5.74, 6) is 0. The van der Waals surface area contributed by atoms with Crippen LogP contribution in [0.5, 0.6) is 0 Å². The highest BCUT2D eigenvalue weighted by molar-refractivity contribution is 5.30. The van der Waals surface area contributed by atoms with Crippen molar-refractivity contribution in [3.8, 4) is 0 Å². The minimum Gasteiger partial charge on any atom is -0.315 e. The maximum Gasteiger partial charge on any atom is 0.0307 e. The average molecular weight is 353 g/mol. The van der Waals surface area contributed by atoms with E-state index in [9.17, 15) is 0 Å². The van der Waals surface area contributed by atoms with E-state index < -0.39 is 0 Å². The lowest BCUT2D eigenvalue weighted by Crippen LogP contribution is -2.39. The van der Waals surface area contributed by atoms with E-state index in [4.69, 9.17) is 0 Å². The number of nitrogens with zero attached hydrogens (tertiary/aromatic N) is 2. The van der Waals surface area contributed by atoms with Crippen molar-refractivity contribution in [1.82, 2.24) is 20.4 Å². The zero-order valence-electron chi connectivity index (χ0n) is 15.8. The highest BCUT2D eigenvalue weighted by Crippen LogP contribution is 2.07. The summed E-state index contributed by atoms with van der Waals surface area (Å²) >= 11 is 0. The first kappa shape index (κ1) is 19.1. The van der Waals surface area contributed by atoms with E-state index in [1.54, 1.807) is 0 Å². The quantitative estimate of drug-likeness (QED) is 0.756. The van der Waals surface area contributed by atoms with Gasteiger partial charge in [0.2, 0.25) is 0 Å². The van der Waals surface area contributed by atoms with Crippen molar-refractivity contribution < 1.29 is 0 Å². The van der Waals surface area contributed by atoms with Crippen molar-refractivity contribution in [3.63, 3.8) is 0 Å². The minimum absolute atomic E-state index is 1.01. The van der Waals surface area contributed by atoms with Crippen molar-refractivity contribution in [2.75, 3.05) is 65.4 Å². The average Bonchev–Trinajstić information content (AvgIpc) is 3.33. The molecule has 26 heavy (non-hydrogen) atoms. The summed E-state index contributed by atoms with van der Waals surface area (Å²) in [5.41, 5.74) is 9.26. The van der Waals surface area contributed by atoms with Crippen LogP contribution in [0.2, 0.25) is 0 Å². The molecule has 0 bridgehead atoms. The predicted octanol–water partition coefficient (Wildman–Crippen LogP) is 1.87. The molecule has 0 spiro atoms. The summed E-state index contributed by atoms with van der Waals surface area (Å²) < 4.78 is 0. The summed E-state index contributed by atoms with van der Waals surface area (Å²) in [6, 6.07) is 0. The van der Waals surface area contributed by atoms with Crippen LogP contribution >= 0.6 is 0 Å². The van der Waals surface area contributed by atoms with Gasteiger partial charge in [0.25, 0.3) is 0 Å². The van der Waals surface area contributed by atoms with Crippen LogP contribution in [0.15, 0.2) is 59.1 Å². The van der Waals surface area contributed by atoms with E-state index in [1.807, 2.05) is 12.2 Å². The van der Waals surface area contributed by atoms with Gasteiger partial charge in [0.1, 0.15) is 0 Å². The molecular weight excluding hydrogens is 320 g/mol. The zero-order valence-corrected chi connectivity index (χ0v) is 15.8. The molecular formula is C22H32N4. The highest BCUT2D eigenvalue weighted by atomic mass is 15.2. The molecule has 0 aromatic heterocycles. The Kier molecular flexibility index (Phi) is 8.21. The van der Waals surface area contributed by atoms with Crippen LogP contribution in [-0.2, 0) is 0 Å². The molecule has 0 radical (unpaired) electrons. The van der Waals surface area contributed by atoms with Gasteiger partial charge in [-0.3, -0.25) is 9.80 Å². The Hall–Kier alpha value is -1.64. The molecule has 0 unspecified atom stereocenters. The maximum absolute atomic E-state index is 3.63. The Morgan fingerprint density at radius 2 is 1.19 bits per heavy atom. The van der Waals surface area contributed by atoms with Crippen LogP contribution in [0.3, 0.4) is 0 Å². The molecule has 3 rings (SSSR count). The lowest BCUT2D eigenvalue weighted by molar-refractivity contribution is 0.269. The fraction of sp³-hybridized carbons (Fsp3) is 0.545. The van der Waals surface area contributed by atoms with Gasteiger partial charge in [-0.2, -0.15) is 0 Å². The molecule has 0 amide bonds. The van der Waals surface area contributed by atoms with Crippen LogP contribution in [0, 0.1) is 0 Å². The molecule has 1 saturated heterocycles. The number of nitrogens with one attached hydrogen (secondary N) is 2. The molecule has 1 fully saturated rings. The molecule has 4 heteroatoms. The van der Waals surface area contributed by atoms with Crippen LogP contribution in [-0.4, -0.2) is 75.2 Å². The Balaban J connectivity index is 1.44. The molecule has 0 aromatic rings. The zero-order chi connectivity index (χ0) is 17.9. The normalized spacial score (nSPS) is 23.2. The van der Waals surface area contributed by atoms with Gasteiger partial charge in [-0.15, -0.1) is 11.5 Å². The van der Waals surface area contributed by atoms with E-state index in [-0.39, 0.29) is 0 Å². The van der Waals surface area contributed by atoms with Crippen molar-refractivity contribution in [3.05, 3.63) is 59.1 Å². The number of hydrogen-bond acceptors (Lipinski definition) is 4. The van der Waals surface area contributed by atoms with Gasteiger partial charge < -0.3 is 10.6 Å². The molecule has 4 nitrogen and oxygen atoms in total. The molecule has 3 aliphatic rings. The molecule has 2 N–H and O–H groups in total. The topological polar surface area (TPSA) is 30.5 Å². The third kappa shape index (κ3) is 6.93. The van der Waals surface area contributed by atoms with Crippen molar-refractivity contribution in [2.24, 2.45) is 0 Å². The van der Waals surface area contributed by atoms with Crippen LogP contribution < -0.4 is 10.6 Å². The second-order valence-electron chi connectivity index (χ2n) is 7.15. The monoisotopic (exact) mass is 352 g/mol. The second kappa shape index (κ2) is 11.2. The van der Waals surface area contributed by atoms with E-state index >= 15 is 0 Å². The standard InChI is InChI=1S/C22H32N4/c1-2-8-21(7-1)19-25-15-5-11-24-14-18-26(16-6-12-23-13-17-25)20-22-9-3-4-10-22/h1-4,7,9,23-24H,5-6,11-20H2. The summed E-state index contributed by atoms with van der Waals surface area (Å²) in [5, 5.41) is 7.25. The van der Waals surface area contributed by atoms with Crippen molar-refractivity contribution in [2.45, 2.75) is 12.8 Å². The summed E-state index contributed by atoms with van der Waals surface area (Å²) in [4.78, 5) is 5.09. The van der Waals surface area contributed by atoms with Gasteiger partial charge >= 0.3 is 0 Å². The fourth-order valence-electron chi connectivity index (χ4n) is 3.53. The lowest BCUT2D eigenvalue weighted by atomic mass is 10.2. The first-order valence-electron chi connectivity index (χ1n) is 10.0. The largest absolute Gasteiger partial charge is 0.315 e. The van der Waals surface area contributed by atoms with Gasteiger partial charge in [0.15, 0.2) is 0 Å². The fourth-order valence-corrected chi connectivity index (χ4v) is 3.53. The molecule has 140 valence electrons. The third-order valence-electron chi connectivity index (χ3n) is 4.98. The Morgan fingerprint density at radius 3 is 1.62 bits per heavy atom. The van der Waals surface area contributed by atoms with Gasteiger partial charge in [-0.25, -0.2) is 0 Å². The smallest absolute Gasteiger partial charge is 0.0307 e. The van der Waals surface area contributed by atoms with Gasteiger partial charge in [0, 0.05) is 50.4 Å². The van der Waals surface area contributed by atoms with Crippen LogP contribution in [0.25, 0.3) is 0 Å². The summed E-state index contributed by atoms with van der Waals surface area (Å²) in [6.45, 7) is 10.8. The Labute approximate surface area is 158 Å². The molecule has 0 saturated carbocycles. The third-order valence-corrected chi connectivity index (χ3v) is 4.98. The molecule has 0 atom stereocenters. The summed E-state index contributed by atoms with van der Waals surface area (Å²) in [7, 11) is 0. The van der Waals surface area contributed by atoms with Crippen LogP contribution in [0.1, 0.15) is 12.8 Å². The second-order valence-corrected chi connectivity index (χ2v) is 7.15. The Bertz CT molecular complexity index is 559.